The van der Waals surface area contributed by atoms with Gasteiger partial charge in [0.05, 0.1) is 5.75 Å². The Bertz CT molecular complexity index is 810. The number of rotatable bonds is 4. The zero-order valence-corrected chi connectivity index (χ0v) is 11.7. The number of fused-ring (bicyclic) bond motifs is 1. The van der Waals surface area contributed by atoms with Crippen LogP contribution in [0.2, 0.25) is 0 Å². The highest BCUT2D eigenvalue weighted by molar-refractivity contribution is 7.98. The lowest BCUT2D eigenvalue weighted by Crippen LogP contribution is -1.98. The van der Waals surface area contributed by atoms with E-state index in [9.17, 15) is 14.3 Å². The minimum atomic E-state index is -1.02. The Kier molecular flexibility index (Phi) is 3.66. The Balaban J connectivity index is 1.93. The molecule has 106 valence electrons. The van der Waals surface area contributed by atoms with Crippen molar-refractivity contribution in [3.63, 3.8) is 0 Å². The van der Waals surface area contributed by atoms with E-state index in [4.69, 9.17) is 4.42 Å². The van der Waals surface area contributed by atoms with Crippen molar-refractivity contribution in [2.45, 2.75) is 10.6 Å². The zero-order valence-electron chi connectivity index (χ0n) is 10.9. The summed E-state index contributed by atoms with van der Waals surface area (Å²) in [7, 11) is 0. The molecular weight excluding hydrogens is 291 g/mol. The first kappa shape index (κ1) is 13.7. The number of hydrogen-bond donors (Lipinski definition) is 1. The van der Waals surface area contributed by atoms with Gasteiger partial charge in [0.1, 0.15) is 22.7 Å². The van der Waals surface area contributed by atoms with Crippen molar-refractivity contribution in [2.75, 3.05) is 0 Å². The van der Waals surface area contributed by atoms with Crippen LogP contribution in [-0.2, 0) is 5.75 Å². The molecule has 0 radical (unpaired) electrons. The topological polar surface area (TPSA) is 50.4 Å². The normalized spacial score (nSPS) is 10.9. The molecule has 0 saturated carbocycles. The van der Waals surface area contributed by atoms with Gasteiger partial charge < -0.3 is 9.52 Å². The third-order valence-electron chi connectivity index (χ3n) is 3.05. The average Bonchev–Trinajstić information content (AvgIpc) is 2.83. The second-order valence-electron chi connectivity index (χ2n) is 4.45. The number of carbonyl (C=O) groups is 1. The van der Waals surface area contributed by atoms with Crippen molar-refractivity contribution in [2.24, 2.45) is 0 Å². The fourth-order valence-corrected chi connectivity index (χ4v) is 3.01. The van der Waals surface area contributed by atoms with Crippen molar-refractivity contribution < 1.29 is 18.7 Å². The summed E-state index contributed by atoms with van der Waals surface area (Å²) in [5.74, 6) is -0.615. The van der Waals surface area contributed by atoms with E-state index < -0.39 is 5.97 Å². The van der Waals surface area contributed by atoms with Crippen LogP contribution in [0.5, 0.6) is 0 Å². The molecule has 1 heterocycles. The monoisotopic (exact) mass is 302 g/mol. The highest BCUT2D eigenvalue weighted by Crippen LogP contribution is 2.31. The number of carboxylic acids is 1. The summed E-state index contributed by atoms with van der Waals surface area (Å²) in [6.45, 7) is 0. The molecule has 3 rings (SSSR count). The largest absolute Gasteiger partial charge is 0.478 e. The lowest BCUT2D eigenvalue weighted by Gasteiger charge is -2.01. The molecule has 21 heavy (non-hydrogen) atoms. The van der Waals surface area contributed by atoms with Gasteiger partial charge in [0.2, 0.25) is 0 Å². The van der Waals surface area contributed by atoms with Gasteiger partial charge in [0.25, 0.3) is 0 Å². The second kappa shape index (κ2) is 5.61. The van der Waals surface area contributed by atoms with E-state index in [0.29, 0.717) is 22.5 Å². The molecule has 2 aromatic carbocycles. The molecule has 0 amide bonds. The summed E-state index contributed by atoms with van der Waals surface area (Å²) in [4.78, 5) is 12.2. The van der Waals surface area contributed by atoms with Crippen molar-refractivity contribution >= 4 is 28.7 Å². The Morgan fingerprint density at radius 3 is 2.76 bits per heavy atom. The summed E-state index contributed by atoms with van der Waals surface area (Å²) in [5.41, 5.74) is 0.722. The van der Waals surface area contributed by atoms with Crippen LogP contribution in [0, 0.1) is 5.82 Å². The molecule has 5 heteroatoms. The molecule has 0 aliphatic heterocycles. The van der Waals surface area contributed by atoms with Crippen molar-refractivity contribution in [1.82, 2.24) is 0 Å². The average molecular weight is 302 g/mol. The number of thioether (sulfide) groups is 1. The van der Waals surface area contributed by atoms with Crippen LogP contribution in [0.3, 0.4) is 0 Å². The van der Waals surface area contributed by atoms with E-state index in [-0.39, 0.29) is 11.4 Å². The third kappa shape index (κ3) is 2.78. The number of benzene rings is 2. The lowest BCUT2D eigenvalue weighted by molar-refractivity contribution is 0.0697. The highest BCUT2D eigenvalue weighted by Gasteiger charge is 2.19. The van der Waals surface area contributed by atoms with Crippen LogP contribution >= 0.6 is 11.8 Å². The van der Waals surface area contributed by atoms with Crippen LogP contribution in [-0.4, -0.2) is 11.1 Å². The van der Waals surface area contributed by atoms with Crippen LogP contribution in [0.4, 0.5) is 4.39 Å². The zero-order chi connectivity index (χ0) is 14.8. The summed E-state index contributed by atoms with van der Waals surface area (Å²) >= 11 is 1.34. The maximum atomic E-state index is 13.1. The predicted molar refractivity (Wildman–Crippen MR) is 79.1 cm³/mol. The van der Waals surface area contributed by atoms with E-state index in [1.54, 1.807) is 36.4 Å². The Morgan fingerprint density at radius 1 is 1.19 bits per heavy atom. The van der Waals surface area contributed by atoms with Gasteiger partial charge in [-0.15, -0.1) is 11.8 Å². The van der Waals surface area contributed by atoms with Gasteiger partial charge in [-0.25, -0.2) is 9.18 Å². The second-order valence-corrected chi connectivity index (χ2v) is 5.50. The minimum Gasteiger partial charge on any atom is -0.478 e. The molecule has 3 nitrogen and oxygen atoms in total. The molecule has 0 unspecified atom stereocenters. The number of furan rings is 1. The van der Waals surface area contributed by atoms with Crippen LogP contribution < -0.4 is 0 Å². The van der Waals surface area contributed by atoms with Gasteiger partial charge in [0.15, 0.2) is 0 Å². The van der Waals surface area contributed by atoms with Gasteiger partial charge in [-0.1, -0.05) is 24.3 Å². The summed E-state index contributed by atoms with van der Waals surface area (Å²) in [5, 5.41) is 9.95. The van der Waals surface area contributed by atoms with Crippen LogP contribution in [0.15, 0.2) is 57.8 Å². The van der Waals surface area contributed by atoms with Gasteiger partial charge >= 0.3 is 5.97 Å². The number of hydrogen-bond acceptors (Lipinski definition) is 3. The smallest absolute Gasteiger partial charge is 0.339 e. The van der Waals surface area contributed by atoms with Gasteiger partial charge in [-0.2, -0.15) is 0 Å². The molecule has 3 aromatic rings. The SMILES string of the molecule is O=C(O)c1c(CSc2cccc(F)c2)oc2ccccc12. The first-order chi connectivity index (χ1) is 10.1. The molecule has 0 bridgehead atoms. The quantitative estimate of drug-likeness (QED) is 0.718. The molecule has 0 spiro atoms. The van der Waals surface area contributed by atoms with Crippen molar-refractivity contribution in [1.29, 1.82) is 0 Å². The number of aromatic carboxylic acids is 1. The predicted octanol–water partition coefficient (Wildman–Crippen LogP) is 4.56. The molecular formula is C16H11FO3S. The molecule has 1 N–H and O–H groups in total. The summed E-state index contributed by atoms with van der Waals surface area (Å²) in [6, 6.07) is 13.2. The van der Waals surface area contributed by atoms with Crippen LogP contribution in [0.25, 0.3) is 11.0 Å². The highest BCUT2D eigenvalue weighted by atomic mass is 32.2. The summed E-state index contributed by atoms with van der Waals surface area (Å²) in [6.07, 6.45) is 0. The van der Waals surface area contributed by atoms with E-state index in [1.165, 1.54) is 23.9 Å². The molecule has 0 aliphatic rings. The lowest BCUT2D eigenvalue weighted by atomic mass is 10.1. The van der Waals surface area contributed by atoms with Crippen molar-refractivity contribution in [3.8, 4) is 0 Å². The maximum absolute atomic E-state index is 13.1. The van der Waals surface area contributed by atoms with Crippen LogP contribution in [0.1, 0.15) is 16.1 Å². The molecule has 0 aliphatic carbocycles. The van der Waals surface area contributed by atoms with Gasteiger partial charge in [0, 0.05) is 10.3 Å². The standard InChI is InChI=1S/C16H11FO3S/c17-10-4-3-5-11(8-10)21-9-14-15(16(18)19)12-6-1-2-7-13(12)20-14/h1-8H,9H2,(H,18,19). The number of halogens is 1. The van der Waals surface area contributed by atoms with Gasteiger partial charge in [-0.05, 0) is 24.3 Å². The van der Waals surface area contributed by atoms with E-state index >= 15 is 0 Å². The molecule has 0 fully saturated rings. The fraction of sp³-hybridized carbons (Fsp3) is 0.0625. The minimum absolute atomic E-state index is 0.175. The number of carboxylic acid groups (broad SMARTS) is 1. The summed E-state index contributed by atoms with van der Waals surface area (Å²) < 4.78 is 18.8. The third-order valence-corrected chi connectivity index (χ3v) is 4.04. The Labute approximate surface area is 124 Å². The van der Waals surface area contributed by atoms with E-state index in [0.717, 1.165) is 4.90 Å². The fourth-order valence-electron chi connectivity index (χ4n) is 2.14. The Morgan fingerprint density at radius 2 is 2.00 bits per heavy atom. The Hall–Kier alpha value is -2.27. The first-order valence-corrected chi connectivity index (χ1v) is 7.26. The molecule has 0 saturated heterocycles. The first-order valence-electron chi connectivity index (χ1n) is 6.27. The molecule has 1 aromatic heterocycles. The van der Waals surface area contributed by atoms with Crippen molar-refractivity contribution in [3.05, 3.63) is 65.7 Å². The van der Waals surface area contributed by atoms with E-state index in [1.807, 2.05) is 0 Å². The molecule has 0 atom stereocenters. The van der Waals surface area contributed by atoms with Gasteiger partial charge in [-0.3, -0.25) is 0 Å². The number of para-hydroxylation sites is 1. The van der Waals surface area contributed by atoms with E-state index in [2.05, 4.69) is 0 Å². The maximum Gasteiger partial charge on any atom is 0.339 e.